The highest BCUT2D eigenvalue weighted by atomic mass is 15.2. The molecule has 0 saturated carbocycles. The predicted molar refractivity (Wildman–Crippen MR) is 349 cm³/mol. The monoisotopic (exact) mass is 1030 g/mol. The Morgan fingerprint density at radius 2 is 0.793 bits per heavy atom. The smallest absolute Gasteiger partial charge is 0.333 e. The first-order chi connectivity index (χ1) is 40.7. The second-order valence-corrected chi connectivity index (χ2v) is 23.4. The van der Waals surface area contributed by atoms with E-state index in [0.717, 1.165) is 5.69 Å². The largest absolute Gasteiger partial charge is 0.375 e. The van der Waals surface area contributed by atoms with Crippen LogP contribution >= 0.6 is 0 Å². The molecule has 17 aromatic rings. The van der Waals surface area contributed by atoms with Gasteiger partial charge < -0.3 is 18.4 Å². The molecule has 0 spiro atoms. The third-order valence-electron chi connectivity index (χ3n) is 19.7. The molecule has 0 saturated heterocycles. The van der Waals surface area contributed by atoms with Gasteiger partial charge in [0.2, 0.25) is 0 Å². The van der Waals surface area contributed by atoms with Gasteiger partial charge in [0.1, 0.15) is 0 Å². The molecule has 0 radical (unpaired) electrons. The first-order valence-electron chi connectivity index (χ1n) is 28.8. The molecule has 3 aromatic heterocycles. The summed E-state index contributed by atoms with van der Waals surface area (Å²) in [6, 6.07) is 97.2. The molecule has 82 heavy (non-hydrogen) atoms. The Bertz CT molecular complexity index is 5880. The number of fused-ring (bicyclic) bond motifs is 23. The van der Waals surface area contributed by atoms with E-state index in [1.165, 1.54) is 181 Å². The normalized spacial score (nSPS) is 13.5. The third kappa shape index (κ3) is 5.07. The van der Waals surface area contributed by atoms with Crippen LogP contribution in [0.3, 0.4) is 0 Å². The summed E-state index contributed by atoms with van der Waals surface area (Å²) >= 11 is 0. The molecule has 7 heterocycles. The Morgan fingerprint density at radius 3 is 1.60 bits per heavy atom. The van der Waals surface area contributed by atoms with Gasteiger partial charge in [-0.1, -0.05) is 194 Å². The van der Waals surface area contributed by atoms with Gasteiger partial charge in [0.15, 0.2) is 0 Å². The second kappa shape index (κ2) is 14.8. The standard InChI is InChI=1S/C76H42B2N4/c1-2-15-45-42-69-62(40-44(45)14-1)77-72-55(58-23-9-22-57-54-19-7-8-26-64(54)81(77)74(57)58)20-11-27-67(72)79(69)51-34-31-47-37-46(29-30-48(47)38-51)49-33-35-65-61(39-49)60-25-10-24-59-56-21-12-28-68-73(56)78(82(65)75(59)60)63-41-50-16-4-6-18-53(50)71-70-52-17-5-3-13-43(52)32-36-66(70)80(68)76(63)71/h1-42H. The number of benzene rings is 14. The lowest BCUT2D eigenvalue weighted by molar-refractivity contribution is 1.18. The van der Waals surface area contributed by atoms with Crippen LogP contribution in [0.5, 0.6) is 0 Å². The molecule has 4 aliphatic heterocycles. The van der Waals surface area contributed by atoms with Gasteiger partial charge in [0, 0.05) is 88.3 Å². The summed E-state index contributed by atoms with van der Waals surface area (Å²) in [5, 5.41) is 18.0. The molecule has 4 aliphatic rings. The molecule has 0 fully saturated rings. The molecule has 14 aromatic carbocycles. The van der Waals surface area contributed by atoms with Gasteiger partial charge in [0.05, 0.1) is 11.0 Å². The number of nitrogens with zero attached hydrogens (tertiary/aromatic N) is 4. The van der Waals surface area contributed by atoms with Gasteiger partial charge in [-0.15, -0.1) is 0 Å². The van der Waals surface area contributed by atoms with E-state index in [-0.39, 0.29) is 13.7 Å². The van der Waals surface area contributed by atoms with Crippen LogP contribution in [-0.4, -0.2) is 27.2 Å². The number of hydrogen-bond acceptors (Lipinski definition) is 1. The zero-order chi connectivity index (χ0) is 52.8. The van der Waals surface area contributed by atoms with Crippen LogP contribution in [0.25, 0.3) is 148 Å². The maximum Gasteiger partial charge on any atom is 0.333 e. The van der Waals surface area contributed by atoms with Crippen LogP contribution in [-0.2, 0) is 0 Å². The number of para-hydroxylation sites is 3. The minimum atomic E-state index is -0.0181. The lowest BCUT2D eigenvalue weighted by atomic mass is 9.45. The van der Waals surface area contributed by atoms with Crippen LogP contribution in [0.4, 0.5) is 17.1 Å². The van der Waals surface area contributed by atoms with Gasteiger partial charge in [-0.25, -0.2) is 0 Å². The molecular formula is C76H42B2N4. The van der Waals surface area contributed by atoms with Crippen molar-refractivity contribution in [2.24, 2.45) is 0 Å². The summed E-state index contributed by atoms with van der Waals surface area (Å²) < 4.78 is 7.95. The Kier molecular flexibility index (Phi) is 7.66. The lowest BCUT2D eigenvalue weighted by Crippen LogP contribution is -2.56. The third-order valence-corrected chi connectivity index (χ3v) is 19.7. The first-order valence-corrected chi connectivity index (χ1v) is 28.8. The fourth-order valence-electron chi connectivity index (χ4n) is 16.5. The van der Waals surface area contributed by atoms with Crippen molar-refractivity contribution in [2.75, 3.05) is 4.90 Å². The van der Waals surface area contributed by atoms with Crippen LogP contribution in [0.2, 0.25) is 0 Å². The fourth-order valence-corrected chi connectivity index (χ4v) is 16.5. The van der Waals surface area contributed by atoms with E-state index in [1.54, 1.807) is 0 Å². The molecule has 0 unspecified atom stereocenters. The van der Waals surface area contributed by atoms with Crippen molar-refractivity contribution in [3.05, 3.63) is 255 Å². The molecule has 6 heteroatoms. The topological polar surface area (TPSA) is 18.0 Å². The van der Waals surface area contributed by atoms with Gasteiger partial charge in [-0.3, -0.25) is 0 Å². The predicted octanol–water partition coefficient (Wildman–Crippen LogP) is 16.6. The fraction of sp³-hybridized carbons (Fsp3) is 0. The molecule has 0 atom stereocenters. The average Bonchev–Trinajstić information content (AvgIpc) is 3.85. The SMILES string of the molecule is c1cc2c3c(c1)N(c1ccc4cc(-c5ccc6c(c5)c5cccc7c5n6B5c6c-7cccc6-n6c7ccc8ccccc8c7c7c8ccccc8cc5c76)ccc4c1)c1cc4ccccc4cc1B3n1c3ccccc3c3cccc-2c31. The van der Waals surface area contributed by atoms with Crippen LogP contribution in [0.1, 0.15) is 0 Å². The van der Waals surface area contributed by atoms with Crippen molar-refractivity contribution >= 4 is 161 Å². The Labute approximate surface area is 470 Å². The number of aromatic nitrogens is 3. The molecule has 21 rings (SSSR count). The summed E-state index contributed by atoms with van der Waals surface area (Å²) in [6.45, 7) is -0.00615. The maximum atomic E-state index is 2.70. The summed E-state index contributed by atoms with van der Waals surface area (Å²) in [5.74, 6) is 0. The highest BCUT2D eigenvalue weighted by Gasteiger charge is 2.44. The Balaban J connectivity index is 0.733. The van der Waals surface area contributed by atoms with E-state index in [4.69, 9.17) is 0 Å². The molecule has 4 nitrogen and oxygen atoms in total. The van der Waals surface area contributed by atoms with Crippen molar-refractivity contribution in [1.29, 1.82) is 0 Å². The Morgan fingerprint density at radius 1 is 0.268 bits per heavy atom. The summed E-state index contributed by atoms with van der Waals surface area (Å²) in [7, 11) is 0. The number of hydrogen-bond donors (Lipinski definition) is 0. The van der Waals surface area contributed by atoms with E-state index < -0.39 is 0 Å². The highest BCUT2D eigenvalue weighted by Crippen LogP contribution is 2.49. The van der Waals surface area contributed by atoms with Crippen molar-refractivity contribution in [1.82, 2.24) is 13.5 Å². The van der Waals surface area contributed by atoms with Crippen molar-refractivity contribution < 1.29 is 0 Å². The van der Waals surface area contributed by atoms with Crippen molar-refractivity contribution in [3.63, 3.8) is 0 Å². The maximum absolute atomic E-state index is 2.70. The van der Waals surface area contributed by atoms with Crippen molar-refractivity contribution in [3.8, 4) is 39.1 Å². The van der Waals surface area contributed by atoms with E-state index in [9.17, 15) is 0 Å². The molecular weight excluding hydrogens is 990 g/mol. The second-order valence-electron chi connectivity index (χ2n) is 23.4. The van der Waals surface area contributed by atoms with Gasteiger partial charge >= 0.3 is 13.7 Å². The molecule has 0 aliphatic carbocycles. The minimum Gasteiger partial charge on any atom is -0.375 e. The summed E-state index contributed by atoms with van der Waals surface area (Å²) in [5.41, 5.74) is 25.7. The average molecular weight is 1030 g/mol. The zero-order valence-electron chi connectivity index (χ0n) is 44.2. The van der Waals surface area contributed by atoms with E-state index in [0.29, 0.717) is 0 Å². The summed E-state index contributed by atoms with van der Waals surface area (Å²) in [4.78, 5) is 2.55. The highest BCUT2D eigenvalue weighted by molar-refractivity contribution is 6.91. The van der Waals surface area contributed by atoms with E-state index in [2.05, 4.69) is 273 Å². The molecule has 0 amide bonds. The molecule has 0 N–H and O–H groups in total. The van der Waals surface area contributed by atoms with Crippen LogP contribution < -0.4 is 26.8 Å². The van der Waals surface area contributed by atoms with E-state index >= 15 is 0 Å². The lowest BCUT2D eigenvalue weighted by Gasteiger charge is -2.40. The molecule has 372 valence electrons. The van der Waals surface area contributed by atoms with Gasteiger partial charge in [0.25, 0.3) is 0 Å². The van der Waals surface area contributed by atoms with Gasteiger partial charge in [-0.2, -0.15) is 0 Å². The van der Waals surface area contributed by atoms with Crippen molar-refractivity contribution in [2.45, 2.75) is 0 Å². The molecule has 0 bridgehead atoms. The van der Waals surface area contributed by atoms with E-state index in [1.807, 2.05) is 0 Å². The summed E-state index contributed by atoms with van der Waals surface area (Å²) in [6.07, 6.45) is 0. The number of rotatable bonds is 2. The first kappa shape index (κ1) is 42.4. The number of anilines is 3. The zero-order valence-corrected chi connectivity index (χ0v) is 44.2. The van der Waals surface area contributed by atoms with Crippen LogP contribution in [0.15, 0.2) is 255 Å². The van der Waals surface area contributed by atoms with Crippen LogP contribution in [0, 0.1) is 0 Å². The quantitative estimate of drug-likeness (QED) is 0.158. The minimum absolute atomic E-state index is 0.0119. The Hall–Kier alpha value is -10.6. The van der Waals surface area contributed by atoms with Gasteiger partial charge in [-0.05, 0) is 148 Å².